The summed E-state index contributed by atoms with van der Waals surface area (Å²) in [5.41, 5.74) is -0.210. The first-order valence-corrected chi connectivity index (χ1v) is 6.57. The normalized spacial score (nSPS) is 26.8. The van der Waals surface area contributed by atoms with E-state index in [9.17, 15) is 9.59 Å². The van der Waals surface area contributed by atoms with Gasteiger partial charge in [0.2, 0.25) is 11.8 Å². The van der Waals surface area contributed by atoms with E-state index in [2.05, 4.69) is 5.32 Å². The molecule has 2 amide bonds. The van der Waals surface area contributed by atoms with Gasteiger partial charge in [-0.05, 0) is 19.3 Å². The van der Waals surface area contributed by atoms with Crippen LogP contribution in [0.25, 0.3) is 0 Å². The third-order valence-electron chi connectivity index (χ3n) is 4.13. The largest absolute Gasteiger partial charge is 0.296 e. The fraction of sp³-hybridized carbons (Fsp3) is 0.846. The van der Waals surface area contributed by atoms with Crippen LogP contribution in [-0.4, -0.2) is 11.8 Å². The van der Waals surface area contributed by atoms with Gasteiger partial charge in [-0.25, -0.2) is 0 Å². The molecule has 0 atom stereocenters. The predicted octanol–water partition coefficient (Wildman–Crippen LogP) is 2.54. The van der Waals surface area contributed by atoms with Crippen LogP contribution in [0, 0.1) is 5.41 Å². The van der Waals surface area contributed by atoms with Gasteiger partial charge in [0.25, 0.3) is 0 Å². The summed E-state index contributed by atoms with van der Waals surface area (Å²) in [5.74, 6) is -0.0823. The highest BCUT2D eigenvalue weighted by molar-refractivity contribution is 6.00. The van der Waals surface area contributed by atoms with Crippen molar-refractivity contribution in [3.05, 3.63) is 0 Å². The van der Waals surface area contributed by atoms with Crippen LogP contribution < -0.4 is 5.32 Å². The van der Waals surface area contributed by atoms with Crippen LogP contribution in [-0.2, 0) is 9.59 Å². The van der Waals surface area contributed by atoms with Crippen LogP contribution in [0.15, 0.2) is 0 Å². The maximum absolute atomic E-state index is 12.0. The molecule has 0 unspecified atom stereocenters. The van der Waals surface area contributed by atoms with Crippen molar-refractivity contribution in [2.24, 2.45) is 5.41 Å². The van der Waals surface area contributed by atoms with Crippen molar-refractivity contribution >= 4 is 11.8 Å². The number of carbonyl (C=O) groups is 2. The molecule has 1 spiro atoms. The van der Waals surface area contributed by atoms with Crippen molar-refractivity contribution in [1.29, 1.82) is 0 Å². The third kappa shape index (κ3) is 2.45. The first-order valence-electron chi connectivity index (χ1n) is 6.57. The number of hydrogen-bond acceptors (Lipinski definition) is 2. The molecule has 0 aromatic heterocycles. The summed E-state index contributed by atoms with van der Waals surface area (Å²) in [6, 6.07) is 0. The molecule has 0 aromatic rings. The topological polar surface area (TPSA) is 46.2 Å². The Bertz CT molecular complexity index is 276. The zero-order chi connectivity index (χ0) is 11.4. The average molecular weight is 223 g/mol. The van der Waals surface area contributed by atoms with Crippen molar-refractivity contribution in [3.63, 3.8) is 0 Å². The molecule has 1 aliphatic carbocycles. The van der Waals surface area contributed by atoms with Crippen molar-refractivity contribution < 1.29 is 9.59 Å². The Kier molecular flexibility index (Phi) is 3.62. The van der Waals surface area contributed by atoms with Crippen LogP contribution in [0.5, 0.6) is 0 Å². The molecule has 2 rings (SSSR count). The minimum Gasteiger partial charge on any atom is -0.296 e. The third-order valence-corrected chi connectivity index (χ3v) is 4.13. The molecule has 1 heterocycles. The highest BCUT2D eigenvalue weighted by Gasteiger charge is 2.41. The second-order valence-electron chi connectivity index (χ2n) is 5.28. The second kappa shape index (κ2) is 4.98. The highest BCUT2D eigenvalue weighted by atomic mass is 16.2. The summed E-state index contributed by atoms with van der Waals surface area (Å²) < 4.78 is 0. The number of hydrogen-bond donors (Lipinski definition) is 1. The van der Waals surface area contributed by atoms with Gasteiger partial charge in [0.15, 0.2) is 0 Å². The SMILES string of the molecule is O=C1CCC2(CCCCCCCC2)C(=O)N1. The van der Waals surface area contributed by atoms with Crippen molar-refractivity contribution in [2.45, 2.75) is 64.2 Å². The van der Waals surface area contributed by atoms with Crippen molar-refractivity contribution in [3.8, 4) is 0 Å². The molecule has 1 saturated heterocycles. The number of nitrogens with one attached hydrogen (secondary N) is 1. The molecule has 1 N–H and O–H groups in total. The molecule has 16 heavy (non-hydrogen) atoms. The molecule has 2 aliphatic rings. The molecule has 0 bridgehead atoms. The zero-order valence-corrected chi connectivity index (χ0v) is 9.89. The average Bonchev–Trinajstić information content (AvgIpc) is 2.37. The molecule has 2 fully saturated rings. The number of amides is 2. The van der Waals surface area contributed by atoms with Crippen molar-refractivity contribution in [1.82, 2.24) is 5.32 Å². The number of piperidine rings is 1. The van der Waals surface area contributed by atoms with E-state index < -0.39 is 0 Å². The maximum atomic E-state index is 12.0. The standard InChI is InChI=1S/C13H21NO2/c15-11-7-10-13(12(16)14-11)8-5-3-1-2-4-6-9-13/h1-10H2,(H,14,15,16). The van der Waals surface area contributed by atoms with E-state index in [0.717, 1.165) is 32.1 Å². The minimum absolute atomic E-state index is 0.00523. The van der Waals surface area contributed by atoms with E-state index in [-0.39, 0.29) is 17.2 Å². The van der Waals surface area contributed by atoms with E-state index in [0.29, 0.717) is 6.42 Å². The zero-order valence-electron chi connectivity index (χ0n) is 9.89. The molecule has 3 heteroatoms. The van der Waals surface area contributed by atoms with Gasteiger partial charge in [-0.15, -0.1) is 0 Å². The van der Waals surface area contributed by atoms with Gasteiger partial charge in [-0.1, -0.05) is 38.5 Å². The quantitative estimate of drug-likeness (QED) is 0.641. The summed E-state index contributed by atoms with van der Waals surface area (Å²) >= 11 is 0. The second-order valence-corrected chi connectivity index (χ2v) is 5.28. The van der Waals surface area contributed by atoms with E-state index >= 15 is 0 Å². The van der Waals surface area contributed by atoms with Crippen LogP contribution in [0.1, 0.15) is 64.2 Å². The monoisotopic (exact) mass is 223 g/mol. The summed E-state index contributed by atoms with van der Waals surface area (Å²) in [6.45, 7) is 0. The van der Waals surface area contributed by atoms with Crippen LogP contribution in [0.3, 0.4) is 0 Å². The Labute approximate surface area is 97.0 Å². The van der Waals surface area contributed by atoms with E-state index in [1.54, 1.807) is 0 Å². The van der Waals surface area contributed by atoms with Gasteiger partial charge < -0.3 is 0 Å². The Morgan fingerprint density at radius 2 is 1.38 bits per heavy atom. The summed E-state index contributed by atoms with van der Waals surface area (Å²) in [4.78, 5) is 23.2. The number of imide groups is 1. The molecule has 1 aliphatic heterocycles. The fourth-order valence-electron chi connectivity index (χ4n) is 3.02. The van der Waals surface area contributed by atoms with E-state index in [4.69, 9.17) is 0 Å². The lowest BCUT2D eigenvalue weighted by Crippen LogP contribution is -2.48. The fourth-order valence-corrected chi connectivity index (χ4v) is 3.02. The lowest BCUT2D eigenvalue weighted by Gasteiger charge is -2.35. The first-order chi connectivity index (χ1) is 7.73. The van der Waals surface area contributed by atoms with Crippen molar-refractivity contribution in [2.75, 3.05) is 0 Å². The smallest absolute Gasteiger partial charge is 0.232 e. The van der Waals surface area contributed by atoms with Crippen LogP contribution in [0.4, 0.5) is 0 Å². The Hall–Kier alpha value is -0.860. The summed E-state index contributed by atoms with van der Waals surface area (Å²) in [6.07, 6.45) is 10.6. The van der Waals surface area contributed by atoms with Gasteiger partial charge in [0.05, 0.1) is 5.41 Å². The van der Waals surface area contributed by atoms with Gasteiger partial charge >= 0.3 is 0 Å². The van der Waals surface area contributed by atoms with Crippen LogP contribution >= 0.6 is 0 Å². The highest BCUT2D eigenvalue weighted by Crippen LogP contribution is 2.39. The first kappa shape index (κ1) is 11.6. The summed E-state index contributed by atoms with van der Waals surface area (Å²) in [7, 11) is 0. The molecule has 0 aromatic carbocycles. The molecular formula is C13H21NO2. The molecule has 90 valence electrons. The molecule has 0 radical (unpaired) electrons. The summed E-state index contributed by atoms with van der Waals surface area (Å²) in [5, 5.41) is 2.53. The lowest BCUT2D eigenvalue weighted by atomic mass is 9.72. The minimum atomic E-state index is -0.210. The lowest BCUT2D eigenvalue weighted by molar-refractivity contribution is -0.142. The number of carbonyl (C=O) groups excluding carboxylic acids is 2. The Balaban J connectivity index is 2.06. The Morgan fingerprint density at radius 1 is 0.812 bits per heavy atom. The molecule has 3 nitrogen and oxygen atoms in total. The molecule has 1 saturated carbocycles. The predicted molar refractivity (Wildman–Crippen MR) is 61.8 cm³/mol. The van der Waals surface area contributed by atoms with Crippen LogP contribution in [0.2, 0.25) is 0 Å². The van der Waals surface area contributed by atoms with Gasteiger partial charge in [0.1, 0.15) is 0 Å². The van der Waals surface area contributed by atoms with Gasteiger partial charge in [-0.2, -0.15) is 0 Å². The van der Waals surface area contributed by atoms with Gasteiger partial charge in [0, 0.05) is 6.42 Å². The van der Waals surface area contributed by atoms with E-state index in [1.807, 2.05) is 0 Å². The van der Waals surface area contributed by atoms with Gasteiger partial charge in [-0.3, -0.25) is 14.9 Å². The Morgan fingerprint density at radius 3 is 1.94 bits per heavy atom. The number of rotatable bonds is 0. The molecular weight excluding hydrogens is 202 g/mol. The van der Waals surface area contributed by atoms with E-state index in [1.165, 1.54) is 25.7 Å². The maximum Gasteiger partial charge on any atom is 0.232 e.